The summed E-state index contributed by atoms with van der Waals surface area (Å²) >= 11 is 3.01. The number of carbonyl (C=O) groups excluding carboxylic acids is 2. The number of fused-ring (bicyclic) bond motifs is 1. The fourth-order valence-electron chi connectivity index (χ4n) is 3.67. The molecule has 28 heavy (non-hydrogen) atoms. The number of hydrogen-bond acceptors (Lipinski definition) is 7. The van der Waals surface area contributed by atoms with Gasteiger partial charge in [-0.25, -0.2) is 4.98 Å². The summed E-state index contributed by atoms with van der Waals surface area (Å²) in [5, 5.41) is 5.24. The van der Waals surface area contributed by atoms with E-state index in [4.69, 9.17) is 9.47 Å². The molecular weight excluding hydrogens is 398 g/mol. The second-order valence-electron chi connectivity index (χ2n) is 6.86. The van der Waals surface area contributed by atoms with Gasteiger partial charge in [-0.15, -0.1) is 23.1 Å². The Morgan fingerprint density at radius 3 is 2.93 bits per heavy atom. The lowest BCUT2D eigenvalue weighted by Gasteiger charge is -2.29. The molecule has 2 aliphatic heterocycles. The summed E-state index contributed by atoms with van der Waals surface area (Å²) in [6.45, 7) is 2.03. The Labute approximate surface area is 171 Å². The molecule has 2 atom stereocenters. The Kier molecular flexibility index (Phi) is 4.96. The maximum absolute atomic E-state index is 12.8. The minimum absolute atomic E-state index is 0.0496. The van der Waals surface area contributed by atoms with Crippen LogP contribution in [0, 0.1) is 0 Å². The van der Waals surface area contributed by atoms with Crippen molar-refractivity contribution in [1.29, 1.82) is 0 Å². The van der Waals surface area contributed by atoms with Crippen molar-refractivity contribution < 1.29 is 19.1 Å². The summed E-state index contributed by atoms with van der Waals surface area (Å²) in [5.41, 5.74) is 1.48. The zero-order valence-corrected chi connectivity index (χ0v) is 17.5. The summed E-state index contributed by atoms with van der Waals surface area (Å²) in [6, 6.07) is 5.03. The molecule has 2 saturated heterocycles. The van der Waals surface area contributed by atoms with Gasteiger partial charge in [0.1, 0.15) is 17.5 Å². The second-order valence-corrected chi connectivity index (χ2v) is 9.22. The quantitative estimate of drug-likeness (QED) is 0.802. The van der Waals surface area contributed by atoms with Gasteiger partial charge >= 0.3 is 0 Å². The maximum atomic E-state index is 12.8. The predicted octanol–water partition coefficient (Wildman–Crippen LogP) is 3.22. The zero-order chi connectivity index (χ0) is 19.9. The first-order valence-electron chi connectivity index (χ1n) is 8.90. The highest BCUT2D eigenvalue weighted by Crippen LogP contribution is 2.47. The largest absolute Gasteiger partial charge is 0.497 e. The molecule has 9 heteroatoms. The topological polar surface area (TPSA) is 80.8 Å². The number of rotatable bonds is 5. The molecule has 2 aromatic rings. The number of nitrogens with one attached hydrogen (secondary N) is 1. The molecule has 148 valence electrons. The lowest BCUT2D eigenvalue weighted by atomic mass is 10.1. The average molecular weight is 420 g/mol. The molecule has 2 aliphatic rings. The van der Waals surface area contributed by atoms with Crippen molar-refractivity contribution in [1.82, 2.24) is 9.88 Å². The van der Waals surface area contributed by atoms with Crippen LogP contribution in [0.25, 0.3) is 11.3 Å². The molecule has 0 unspecified atom stereocenters. The van der Waals surface area contributed by atoms with E-state index in [0.29, 0.717) is 34.5 Å². The van der Waals surface area contributed by atoms with E-state index in [-0.39, 0.29) is 16.7 Å². The number of thioether (sulfide) groups is 1. The van der Waals surface area contributed by atoms with Gasteiger partial charge in [0.15, 0.2) is 5.13 Å². The van der Waals surface area contributed by atoms with Crippen LogP contribution in [0.4, 0.5) is 5.13 Å². The van der Waals surface area contributed by atoms with Gasteiger partial charge in [0.25, 0.3) is 0 Å². The highest BCUT2D eigenvalue weighted by atomic mass is 32.2. The number of amides is 2. The predicted molar refractivity (Wildman–Crippen MR) is 110 cm³/mol. The van der Waals surface area contributed by atoms with Crippen LogP contribution in [0.1, 0.15) is 19.8 Å². The molecule has 1 N–H and O–H groups in total. The van der Waals surface area contributed by atoms with Crippen LogP contribution in [0.2, 0.25) is 0 Å². The fraction of sp³-hybridized carbons (Fsp3) is 0.421. The van der Waals surface area contributed by atoms with Crippen LogP contribution in [0.3, 0.4) is 0 Å². The molecule has 0 aliphatic carbocycles. The van der Waals surface area contributed by atoms with Crippen molar-refractivity contribution in [2.24, 2.45) is 0 Å². The van der Waals surface area contributed by atoms with Crippen molar-refractivity contribution in [2.45, 2.75) is 30.7 Å². The summed E-state index contributed by atoms with van der Waals surface area (Å²) in [4.78, 5) is 31.1. The van der Waals surface area contributed by atoms with Crippen molar-refractivity contribution in [3.05, 3.63) is 23.6 Å². The number of carbonyl (C=O) groups is 2. The third-order valence-electron chi connectivity index (χ3n) is 5.16. The molecule has 2 amide bonds. The average Bonchev–Trinajstić information content (AvgIpc) is 3.37. The van der Waals surface area contributed by atoms with Gasteiger partial charge < -0.3 is 19.7 Å². The number of methoxy groups -OCH3 is 2. The van der Waals surface area contributed by atoms with Crippen LogP contribution in [0.15, 0.2) is 23.6 Å². The molecule has 0 bridgehead atoms. The van der Waals surface area contributed by atoms with Gasteiger partial charge in [0.2, 0.25) is 11.8 Å². The van der Waals surface area contributed by atoms with Crippen molar-refractivity contribution in [2.75, 3.05) is 25.3 Å². The molecule has 2 fully saturated rings. The van der Waals surface area contributed by atoms with E-state index in [0.717, 1.165) is 12.0 Å². The standard InChI is InChI=1S/C19H21N3O4S2/c1-19-7-6-16(23)22(19)14(10-28-19)17(24)21-18-20-13(9-27-18)12-8-11(25-2)4-5-15(12)26-3/h4-5,8-9,14H,6-7,10H2,1-3H3,(H,20,21,24)/t14-,19-/m1/s1. The maximum Gasteiger partial charge on any atom is 0.249 e. The molecule has 3 heterocycles. The molecule has 0 saturated carbocycles. The van der Waals surface area contributed by atoms with Crippen LogP contribution >= 0.6 is 23.1 Å². The van der Waals surface area contributed by atoms with E-state index in [2.05, 4.69) is 10.3 Å². The van der Waals surface area contributed by atoms with Crippen LogP contribution in [0.5, 0.6) is 11.5 Å². The van der Waals surface area contributed by atoms with E-state index in [1.54, 1.807) is 30.9 Å². The van der Waals surface area contributed by atoms with Crippen LogP contribution in [-0.4, -0.2) is 52.6 Å². The number of benzene rings is 1. The number of aromatic nitrogens is 1. The van der Waals surface area contributed by atoms with Gasteiger partial charge in [0, 0.05) is 23.1 Å². The van der Waals surface area contributed by atoms with Crippen molar-refractivity contribution in [3.63, 3.8) is 0 Å². The van der Waals surface area contributed by atoms with Gasteiger partial charge in [-0.1, -0.05) is 0 Å². The first kappa shape index (κ1) is 19.1. The van der Waals surface area contributed by atoms with Gasteiger partial charge in [-0.3, -0.25) is 9.59 Å². The summed E-state index contributed by atoms with van der Waals surface area (Å²) in [6.07, 6.45) is 1.29. The number of ether oxygens (including phenoxy) is 2. The molecule has 1 aromatic carbocycles. The Balaban J connectivity index is 1.53. The van der Waals surface area contributed by atoms with E-state index in [1.165, 1.54) is 11.3 Å². The smallest absolute Gasteiger partial charge is 0.249 e. The first-order chi connectivity index (χ1) is 13.4. The van der Waals surface area contributed by atoms with Crippen LogP contribution in [-0.2, 0) is 9.59 Å². The summed E-state index contributed by atoms with van der Waals surface area (Å²) in [5.74, 6) is 1.84. The number of hydrogen-bond donors (Lipinski definition) is 1. The van der Waals surface area contributed by atoms with E-state index < -0.39 is 6.04 Å². The van der Waals surface area contributed by atoms with Crippen LogP contribution < -0.4 is 14.8 Å². The number of nitrogens with zero attached hydrogens (tertiary/aromatic N) is 2. The zero-order valence-electron chi connectivity index (χ0n) is 15.9. The Hall–Kier alpha value is -2.26. The molecule has 1 aromatic heterocycles. The van der Waals surface area contributed by atoms with E-state index in [1.807, 2.05) is 30.5 Å². The van der Waals surface area contributed by atoms with Gasteiger partial charge in [-0.2, -0.15) is 0 Å². The Morgan fingerprint density at radius 1 is 1.36 bits per heavy atom. The van der Waals surface area contributed by atoms with Gasteiger partial charge in [-0.05, 0) is 31.5 Å². The third-order valence-corrected chi connectivity index (χ3v) is 7.43. The monoisotopic (exact) mass is 419 g/mol. The first-order valence-corrected chi connectivity index (χ1v) is 10.8. The van der Waals surface area contributed by atoms with E-state index >= 15 is 0 Å². The van der Waals surface area contributed by atoms with Crippen molar-refractivity contribution in [3.8, 4) is 22.8 Å². The molecular formula is C19H21N3O4S2. The Bertz CT molecular complexity index is 932. The Morgan fingerprint density at radius 2 is 2.18 bits per heavy atom. The van der Waals surface area contributed by atoms with Crippen molar-refractivity contribution >= 4 is 40.0 Å². The SMILES string of the molecule is COc1ccc(OC)c(-c2csc(NC(=O)[C@H]3CS[C@]4(C)CCC(=O)N34)n2)c1. The third kappa shape index (κ3) is 3.22. The lowest BCUT2D eigenvalue weighted by molar-refractivity contribution is -0.135. The lowest BCUT2D eigenvalue weighted by Crippen LogP contribution is -2.48. The van der Waals surface area contributed by atoms with E-state index in [9.17, 15) is 9.59 Å². The second kappa shape index (κ2) is 7.29. The minimum atomic E-state index is -0.455. The molecule has 4 rings (SSSR count). The number of anilines is 1. The fourth-order valence-corrected chi connectivity index (χ4v) is 5.82. The highest BCUT2D eigenvalue weighted by Gasteiger charge is 2.52. The highest BCUT2D eigenvalue weighted by molar-refractivity contribution is 8.01. The molecule has 0 radical (unpaired) electrons. The summed E-state index contributed by atoms with van der Waals surface area (Å²) < 4.78 is 10.7. The normalized spacial score (nSPS) is 23.6. The molecule has 7 nitrogen and oxygen atoms in total. The molecule has 0 spiro atoms. The summed E-state index contributed by atoms with van der Waals surface area (Å²) in [7, 11) is 3.20. The minimum Gasteiger partial charge on any atom is -0.497 e. The van der Waals surface area contributed by atoms with Gasteiger partial charge in [0.05, 0.1) is 24.8 Å². The number of thiazole rings is 1.